The number of benzene rings is 1. The second-order valence-electron chi connectivity index (χ2n) is 9.76. The average Bonchev–Trinajstić information content (AvgIpc) is 2.82. The number of amides is 1. The summed E-state index contributed by atoms with van der Waals surface area (Å²) in [5.74, 6) is -3.68. The van der Waals surface area contributed by atoms with Gasteiger partial charge in [-0.05, 0) is 38.3 Å². The number of phenolic OH excluding ortho intramolecular Hbond substituents is 1. The molecule has 1 aromatic carbocycles. The van der Waals surface area contributed by atoms with Crippen molar-refractivity contribution in [3.63, 3.8) is 0 Å². The molecule has 1 saturated heterocycles. The van der Waals surface area contributed by atoms with Crippen molar-refractivity contribution in [2.45, 2.75) is 97.5 Å². The van der Waals surface area contributed by atoms with Crippen molar-refractivity contribution in [2.75, 3.05) is 0 Å². The third-order valence-electron chi connectivity index (χ3n) is 6.14. The third-order valence-corrected chi connectivity index (χ3v) is 6.14. The predicted octanol–water partition coefficient (Wildman–Crippen LogP) is 3.91. The molecule has 0 bridgehead atoms. The van der Waals surface area contributed by atoms with Crippen LogP contribution in [-0.4, -0.2) is 53.3 Å². The highest BCUT2D eigenvalue weighted by Crippen LogP contribution is 2.27. The lowest BCUT2D eigenvalue weighted by Gasteiger charge is -2.29. The summed E-state index contributed by atoms with van der Waals surface area (Å²) in [5.41, 5.74) is -0.0361. The van der Waals surface area contributed by atoms with Crippen LogP contribution in [0.1, 0.15) is 83.5 Å². The Morgan fingerprint density at radius 1 is 1.03 bits per heavy atom. The molecule has 0 aliphatic carbocycles. The van der Waals surface area contributed by atoms with Gasteiger partial charge in [-0.3, -0.25) is 14.4 Å². The van der Waals surface area contributed by atoms with Gasteiger partial charge in [0.15, 0.2) is 12.1 Å². The number of unbranched alkanes of at least 4 members (excludes halogenated alkanes) is 3. The van der Waals surface area contributed by atoms with E-state index in [2.05, 4.69) is 12.2 Å². The first-order valence-corrected chi connectivity index (χ1v) is 12.7. The Labute approximate surface area is 212 Å². The van der Waals surface area contributed by atoms with Gasteiger partial charge in [-0.1, -0.05) is 58.6 Å². The number of cyclic esters (lactones) is 2. The molecule has 1 aliphatic heterocycles. The van der Waals surface area contributed by atoms with Crippen LogP contribution in [0.15, 0.2) is 24.3 Å². The van der Waals surface area contributed by atoms with E-state index in [4.69, 9.17) is 14.2 Å². The van der Waals surface area contributed by atoms with Gasteiger partial charge in [-0.2, -0.15) is 0 Å². The number of esters is 3. The highest BCUT2D eigenvalue weighted by molar-refractivity contribution is 5.99. The van der Waals surface area contributed by atoms with Gasteiger partial charge in [0.1, 0.15) is 18.0 Å². The molecule has 1 aromatic rings. The van der Waals surface area contributed by atoms with Crippen LogP contribution in [0.3, 0.4) is 0 Å². The molecule has 0 unspecified atom stereocenters. The maximum absolute atomic E-state index is 13.3. The third kappa shape index (κ3) is 8.24. The van der Waals surface area contributed by atoms with Gasteiger partial charge in [0.05, 0.1) is 11.5 Å². The Morgan fingerprint density at radius 2 is 1.69 bits per heavy atom. The Kier molecular flexibility index (Phi) is 11.2. The minimum Gasteiger partial charge on any atom is -0.507 e. The molecule has 9 heteroatoms. The molecular weight excluding hydrogens is 466 g/mol. The normalized spacial score (nSPS) is 24.7. The van der Waals surface area contributed by atoms with E-state index >= 15 is 0 Å². The summed E-state index contributed by atoms with van der Waals surface area (Å²) in [6.45, 7) is 8.89. The van der Waals surface area contributed by atoms with Crippen LogP contribution in [-0.2, 0) is 28.6 Å². The lowest BCUT2D eigenvalue weighted by Crippen LogP contribution is -2.50. The first kappa shape index (κ1) is 29.1. The molecule has 1 heterocycles. The summed E-state index contributed by atoms with van der Waals surface area (Å²) in [6, 6.07) is 4.56. The smallest absolute Gasteiger partial charge is 0.332 e. The fourth-order valence-corrected chi connectivity index (χ4v) is 4.16. The molecule has 1 amide bonds. The Bertz CT molecular complexity index is 915. The molecule has 9 nitrogen and oxygen atoms in total. The zero-order valence-corrected chi connectivity index (χ0v) is 21.8. The van der Waals surface area contributed by atoms with Crippen molar-refractivity contribution in [1.29, 1.82) is 0 Å². The van der Waals surface area contributed by atoms with Crippen molar-refractivity contribution in [3.05, 3.63) is 29.8 Å². The van der Waals surface area contributed by atoms with E-state index in [1.807, 2.05) is 13.8 Å². The van der Waals surface area contributed by atoms with Crippen LogP contribution < -0.4 is 5.32 Å². The zero-order chi connectivity index (χ0) is 26.8. The monoisotopic (exact) mass is 505 g/mol. The number of nitrogens with one attached hydrogen (secondary N) is 1. The Balaban J connectivity index is 2.30. The second-order valence-corrected chi connectivity index (χ2v) is 9.76. The standard InChI is InChI=1S/C27H39NO8/c1-6-7-8-9-13-20-24(36-22(30)15-16(2)3)18(5)35-27(33)23(17(4)34-26(20)32)28-25(31)19-12-10-11-14-21(19)29/h10-12,14,16-18,20,23-24,29H,6-9,13,15H2,1-5H3,(H,28,31)/t17-,18+,20-,23+,24+/m1/s1. The molecule has 36 heavy (non-hydrogen) atoms. The van der Waals surface area contributed by atoms with Crippen LogP contribution >= 0.6 is 0 Å². The van der Waals surface area contributed by atoms with E-state index in [1.54, 1.807) is 19.1 Å². The van der Waals surface area contributed by atoms with E-state index in [-0.39, 0.29) is 23.7 Å². The fraction of sp³-hybridized carbons (Fsp3) is 0.630. The lowest BCUT2D eigenvalue weighted by atomic mass is 9.92. The van der Waals surface area contributed by atoms with Gasteiger partial charge in [0.2, 0.25) is 0 Å². The van der Waals surface area contributed by atoms with Crippen molar-refractivity contribution in [3.8, 4) is 5.75 Å². The summed E-state index contributed by atoms with van der Waals surface area (Å²) >= 11 is 0. The van der Waals surface area contributed by atoms with Crippen molar-refractivity contribution in [2.24, 2.45) is 11.8 Å². The van der Waals surface area contributed by atoms with Crippen molar-refractivity contribution < 1.29 is 38.5 Å². The van der Waals surface area contributed by atoms with Crippen LogP contribution in [0, 0.1) is 11.8 Å². The summed E-state index contributed by atoms with van der Waals surface area (Å²) in [4.78, 5) is 51.7. The van der Waals surface area contributed by atoms with E-state index < -0.39 is 54.1 Å². The number of carbonyl (C=O) groups is 4. The lowest BCUT2D eigenvalue weighted by molar-refractivity contribution is -0.175. The predicted molar refractivity (Wildman–Crippen MR) is 132 cm³/mol. The molecule has 0 saturated carbocycles. The first-order chi connectivity index (χ1) is 17.0. The summed E-state index contributed by atoms with van der Waals surface area (Å²) in [7, 11) is 0. The van der Waals surface area contributed by atoms with E-state index in [0.717, 1.165) is 19.3 Å². The van der Waals surface area contributed by atoms with Crippen LogP contribution in [0.5, 0.6) is 5.75 Å². The Hall–Kier alpha value is -3.10. The minimum atomic E-state index is -1.32. The highest BCUT2D eigenvalue weighted by Gasteiger charge is 2.43. The number of rotatable bonds is 10. The molecule has 0 radical (unpaired) electrons. The summed E-state index contributed by atoms with van der Waals surface area (Å²) in [5, 5.41) is 12.5. The maximum Gasteiger partial charge on any atom is 0.332 e. The molecular formula is C27H39NO8. The Morgan fingerprint density at radius 3 is 2.33 bits per heavy atom. The fourth-order valence-electron chi connectivity index (χ4n) is 4.16. The summed E-state index contributed by atoms with van der Waals surface area (Å²) in [6.07, 6.45) is 1.17. The second kappa shape index (κ2) is 13.8. The first-order valence-electron chi connectivity index (χ1n) is 12.7. The van der Waals surface area contributed by atoms with E-state index in [0.29, 0.717) is 12.8 Å². The van der Waals surface area contributed by atoms with Gasteiger partial charge in [0.25, 0.3) is 5.91 Å². The van der Waals surface area contributed by atoms with Crippen LogP contribution in [0.25, 0.3) is 0 Å². The zero-order valence-electron chi connectivity index (χ0n) is 21.8. The van der Waals surface area contributed by atoms with Gasteiger partial charge in [0, 0.05) is 6.42 Å². The molecule has 2 rings (SSSR count). The SMILES string of the molecule is CCCCCC[C@H]1C(=O)O[C@H](C)[C@H](NC(=O)c2ccccc2O)C(=O)O[C@@H](C)[C@@H]1OC(=O)CC(C)C. The minimum absolute atomic E-state index is 0.0361. The quantitative estimate of drug-likeness (QED) is 0.278. The molecule has 1 aliphatic rings. The molecule has 0 aromatic heterocycles. The number of aromatic hydroxyl groups is 1. The summed E-state index contributed by atoms with van der Waals surface area (Å²) < 4.78 is 16.9. The average molecular weight is 506 g/mol. The van der Waals surface area contributed by atoms with Crippen LogP contribution in [0.2, 0.25) is 0 Å². The van der Waals surface area contributed by atoms with Gasteiger partial charge in [-0.25, -0.2) is 4.79 Å². The highest BCUT2D eigenvalue weighted by atomic mass is 16.6. The molecule has 200 valence electrons. The van der Waals surface area contributed by atoms with Crippen LogP contribution in [0.4, 0.5) is 0 Å². The number of hydrogen-bond acceptors (Lipinski definition) is 8. The molecule has 1 fully saturated rings. The number of para-hydroxylation sites is 1. The molecule has 2 N–H and O–H groups in total. The van der Waals surface area contributed by atoms with Gasteiger partial charge >= 0.3 is 17.9 Å². The maximum atomic E-state index is 13.3. The topological polar surface area (TPSA) is 128 Å². The van der Waals surface area contributed by atoms with Crippen molar-refractivity contribution >= 4 is 23.8 Å². The number of phenols is 1. The van der Waals surface area contributed by atoms with Crippen molar-refractivity contribution in [1.82, 2.24) is 5.32 Å². The van der Waals surface area contributed by atoms with Gasteiger partial charge in [-0.15, -0.1) is 0 Å². The van der Waals surface area contributed by atoms with E-state index in [1.165, 1.54) is 19.1 Å². The molecule has 5 atom stereocenters. The van der Waals surface area contributed by atoms with E-state index in [9.17, 15) is 24.3 Å². The largest absolute Gasteiger partial charge is 0.507 e. The number of carbonyl (C=O) groups excluding carboxylic acids is 4. The van der Waals surface area contributed by atoms with Gasteiger partial charge < -0.3 is 24.6 Å². The number of hydrogen-bond donors (Lipinski definition) is 2. The number of ether oxygens (including phenoxy) is 3. The molecule has 0 spiro atoms.